The molecule has 0 N–H and O–H groups in total. The van der Waals surface area contributed by atoms with E-state index in [-0.39, 0.29) is 0 Å². The van der Waals surface area contributed by atoms with Gasteiger partial charge in [0.1, 0.15) is 5.01 Å². The van der Waals surface area contributed by atoms with E-state index in [1.165, 1.54) is 48.8 Å². The highest BCUT2D eigenvalue weighted by atomic mass is 32.1. The van der Waals surface area contributed by atoms with Crippen molar-refractivity contribution in [3.63, 3.8) is 0 Å². The molecule has 4 heteroatoms. The van der Waals surface area contributed by atoms with Crippen molar-refractivity contribution in [2.24, 2.45) is 0 Å². The fraction of sp³-hybridized carbons (Fsp3) is 0.800. The molecule has 19 heavy (non-hydrogen) atoms. The minimum absolute atomic E-state index is 0.470. The topological polar surface area (TPSA) is 19.4 Å². The predicted molar refractivity (Wildman–Crippen MR) is 80.6 cm³/mol. The van der Waals surface area contributed by atoms with Crippen molar-refractivity contribution in [2.75, 3.05) is 19.6 Å². The molecule has 2 saturated heterocycles. The quantitative estimate of drug-likeness (QED) is 0.829. The molecule has 1 aromatic rings. The third kappa shape index (κ3) is 2.71. The monoisotopic (exact) mass is 279 g/mol. The van der Waals surface area contributed by atoms with Crippen molar-refractivity contribution < 1.29 is 0 Å². The molecule has 3 nitrogen and oxygen atoms in total. The van der Waals surface area contributed by atoms with Crippen LogP contribution in [0.3, 0.4) is 0 Å². The molecule has 0 radical (unpaired) electrons. The predicted octanol–water partition coefficient (Wildman–Crippen LogP) is 3.07. The van der Waals surface area contributed by atoms with Crippen LogP contribution >= 0.6 is 11.3 Å². The number of aromatic nitrogens is 1. The second-order valence-electron chi connectivity index (χ2n) is 6.18. The molecule has 2 fully saturated rings. The maximum Gasteiger partial charge on any atom is 0.110 e. The molecule has 1 aromatic heterocycles. The zero-order chi connectivity index (χ0) is 13.4. The van der Waals surface area contributed by atoms with Gasteiger partial charge in [0.05, 0.1) is 6.04 Å². The largest absolute Gasteiger partial charge is 0.298 e. The third-order valence-corrected chi connectivity index (χ3v) is 5.81. The van der Waals surface area contributed by atoms with Gasteiger partial charge in [-0.05, 0) is 40.2 Å². The summed E-state index contributed by atoms with van der Waals surface area (Å²) in [5.41, 5.74) is 0. The van der Waals surface area contributed by atoms with Gasteiger partial charge in [-0.15, -0.1) is 11.3 Å². The van der Waals surface area contributed by atoms with Crippen molar-refractivity contribution in [3.8, 4) is 0 Å². The normalized spacial score (nSPS) is 31.1. The summed E-state index contributed by atoms with van der Waals surface area (Å²) in [7, 11) is 0. The van der Waals surface area contributed by atoms with E-state index in [0.717, 1.165) is 6.04 Å². The van der Waals surface area contributed by atoms with Crippen LogP contribution in [-0.2, 0) is 0 Å². The lowest BCUT2D eigenvalue weighted by atomic mass is 9.96. The molecule has 0 saturated carbocycles. The Kier molecular flexibility index (Phi) is 3.92. The van der Waals surface area contributed by atoms with Gasteiger partial charge in [-0.25, -0.2) is 4.98 Å². The van der Waals surface area contributed by atoms with E-state index in [0.29, 0.717) is 12.1 Å². The van der Waals surface area contributed by atoms with Gasteiger partial charge in [-0.1, -0.05) is 6.42 Å². The molecule has 0 bridgehead atoms. The number of hydrogen-bond donors (Lipinski definition) is 0. The Morgan fingerprint density at radius 1 is 1.37 bits per heavy atom. The van der Waals surface area contributed by atoms with Crippen LogP contribution < -0.4 is 0 Å². The fourth-order valence-electron chi connectivity index (χ4n) is 3.62. The third-order valence-electron chi connectivity index (χ3n) is 4.73. The number of piperazine rings is 1. The zero-order valence-corrected chi connectivity index (χ0v) is 13.1. The van der Waals surface area contributed by atoms with Crippen molar-refractivity contribution in [3.05, 3.63) is 16.1 Å². The first kappa shape index (κ1) is 13.5. The molecular weight excluding hydrogens is 254 g/mol. The summed E-state index contributed by atoms with van der Waals surface area (Å²) in [5.74, 6) is 0. The highest BCUT2D eigenvalue weighted by Crippen LogP contribution is 2.31. The fourth-order valence-corrected chi connectivity index (χ4v) is 4.47. The Labute approximate surface area is 120 Å². The van der Waals surface area contributed by atoms with E-state index >= 15 is 0 Å². The van der Waals surface area contributed by atoms with E-state index in [2.05, 4.69) is 35.6 Å². The number of piperidine rings is 1. The molecule has 0 amide bonds. The molecule has 0 spiro atoms. The van der Waals surface area contributed by atoms with Crippen LogP contribution in [0.15, 0.2) is 6.20 Å². The molecule has 3 unspecified atom stereocenters. The van der Waals surface area contributed by atoms with E-state index in [1.54, 1.807) is 0 Å². The van der Waals surface area contributed by atoms with Crippen LogP contribution in [0.5, 0.6) is 0 Å². The first-order valence-electron chi connectivity index (χ1n) is 7.57. The molecule has 0 aromatic carbocycles. The van der Waals surface area contributed by atoms with Crippen LogP contribution in [-0.4, -0.2) is 46.5 Å². The Morgan fingerprint density at radius 2 is 2.21 bits per heavy atom. The van der Waals surface area contributed by atoms with Gasteiger partial charge in [0.15, 0.2) is 0 Å². The van der Waals surface area contributed by atoms with Gasteiger partial charge in [0, 0.05) is 36.2 Å². The maximum atomic E-state index is 4.59. The Morgan fingerprint density at radius 3 is 2.95 bits per heavy atom. The van der Waals surface area contributed by atoms with Crippen molar-refractivity contribution in [1.29, 1.82) is 0 Å². The highest BCUT2D eigenvalue weighted by Gasteiger charge is 2.35. The van der Waals surface area contributed by atoms with E-state index in [4.69, 9.17) is 0 Å². The SMILES string of the molecule is Cc1cnc(C(C)N2CC3CCCCN3CC2C)s1. The molecule has 106 valence electrons. The van der Waals surface area contributed by atoms with Crippen LogP contribution in [0.2, 0.25) is 0 Å². The number of fused-ring (bicyclic) bond motifs is 1. The molecule has 3 atom stereocenters. The molecular formula is C15H25N3S. The van der Waals surface area contributed by atoms with Gasteiger partial charge in [-0.3, -0.25) is 9.80 Å². The van der Waals surface area contributed by atoms with E-state index < -0.39 is 0 Å². The van der Waals surface area contributed by atoms with E-state index in [1.807, 2.05) is 17.5 Å². The second kappa shape index (κ2) is 5.51. The van der Waals surface area contributed by atoms with Crippen LogP contribution in [0, 0.1) is 6.92 Å². The van der Waals surface area contributed by atoms with Gasteiger partial charge >= 0.3 is 0 Å². The molecule has 2 aliphatic heterocycles. The smallest absolute Gasteiger partial charge is 0.110 e. The minimum Gasteiger partial charge on any atom is -0.298 e. The zero-order valence-electron chi connectivity index (χ0n) is 12.3. The molecule has 2 aliphatic rings. The van der Waals surface area contributed by atoms with Crippen LogP contribution in [0.25, 0.3) is 0 Å². The van der Waals surface area contributed by atoms with Gasteiger partial charge in [0.25, 0.3) is 0 Å². The summed E-state index contributed by atoms with van der Waals surface area (Å²) < 4.78 is 0. The Bertz CT molecular complexity index is 431. The maximum absolute atomic E-state index is 4.59. The number of rotatable bonds is 2. The summed E-state index contributed by atoms with van der Waals surface area (Å²) in [5, 5.41) is 1.29. The van der Waals surface area contributed by atoms with Crippen molar-refractivity contribution >= 4 is 11.3 Å². The van der Waals surface area contributed by atoms with Gasteiger partial charge in [-0.2, -0.15) is 0 Å². The summed E-state index contributed by atoms with van der Waals surface area (Å²) in [6, 6.07) is 1.90. The summed E-state index contributed by atoms with van der Waals surface area (Å²) in [6.45, 7) is 10.6. The van der Waals surface area contributed by atoms with E-state index in [9.17, 15) is 0 Å². The number of nitrogens with zero attached hydrogens (tertiary/aromatic N) is 3. The second-order valence-corrected chi connectivity index (χ2v) is 7.44. The van der Waals surface area contributed by atoms with Crippen molar-refractivity contribution in [1.82, 2.24) is 14.8 Å². The highest BCUT2D eigenvalue weighted by molar-refractivity contribution is 7.11. The average molecular weight is 279 g/mol. The summed E-state index contributed by atoms with van der Waals surface area (Å²) in [4.78, 5) is 11.3. The van der Waals surface area contributed by atoms with Crippen LogP contribution in [0.1, 0.15) is 49.0 Å². The van der Waals surface area contributed by atoms with Gasteiger partial charge in [0.2, 0.25) is 0 Å². The first-order chi connectivity index (χ1) is 9.15. The molecule has 0 aliphatic carbocycles. The number of hydrogen-bond acceptors (Lipinski definition) is 4. The standard InChI is InChI=1S/C15H25N3S/c1-11-9-17-7-5-4-6-14(17)10-18(11)13(3)15-16-8-12(2)19-15/h8,11,13-14H,4-7,9-10H2,1-3H3. The summed E-state index contributed by atoms with van der Waals surface area (Å²) in [6.07, 6.45) is 6.20. The summed E-state index contributed by atoms with van der Waals surface area (Å²) >= 11 is 1.85. The average Bonchev–Trinajstić information content (AvgIpc) is 2.84. The Balaban J connectivity index is 1.73. The number of aryl methyl sites for hydroxylation is 1. The van der Waals surface area contributed by atoms with Crippen molar-refractivity contribution in [2.45, 2.75) is 58.2 Å². The first-order valence-corrected chi connectivity index (χ1v) is 8.39. The molecule has 3 heterocycles. The lowest BCUT2D eigenvalue weighted by Gasteiger charge is -2.49. The lowest BCUT2D eigenvalue weighted by Crippen LogP contribution is -2.58. The minimum atomic E-state index is 0.470. The van der Waals surface area contributed by atoms with Gasteiger partial charge < -0.3 is 0 Å². The molecule has 3 rings (SSSR count). The Hall–Kier alpha value is -0.450. The van der Waals surface area contributed by atoms with Crippen LogP contribution in [0.4, 0.5) is 0 Å². The lowest BCUT2D eigenvalue weighted by molar-refractivity contribution is -0.00463. The number of thiazole rings is 1.